The number of hydrogen-bond donors (Lipinski definition) is 2. The van der Waals surface area contributed by atoms with E-state index in [0.29, 0.717) is 23.5 Å². The highest BCUT2D eigenvalue weighted by Crippen LogP contribution is 2.25. The molecule has 0 spiro atoms. The minimum atomic E-state index is -0.173. The number of aromatic amines is 1. The van der Waals surface area contributed by atoms with Gasteiger partial charge in [-0.3, -0.25) is 4.79 Å². The zero-order valence-corrected chi connectivity index (χ0v) is 10.9. The van der Waals surface area contributed by atoms with E-state index in [4.69, 9.17) is 10.5 Å². The molecule has 0 aliphatic carbocycles. The Morgan fingerprint density at radius 3 is 2.95 bits per heavy atom. The molecule has 1 heterocycles. The number of imidazole rings is 1. The average Bonchev–Trinajstić information content (AvgIpc) is 2.91. The van der Waals surface area contributed by atoms with E-state index in [1.807, 2.05) is 0 Å². The molecule has 100 valence electrons. The Bertz CT molecular complexity index is 566. The van der Waals surface area contributed by atoms with Crippen molar-refractivity contribution in [3.63, 3.8) is 0 Å². The van der Waals surface area contributed by atoms with Crippen LogP contribution in [0.15, 0.2) is 30.6 Å². The largest absolute Gasteiger partial charge is 0.495 e. The maximum absolute atomic E-state index is 12.3. The van der Waals surface area contributed by atoms with Crippen LogP contribution in [-0.4, -0.2) is 34.9 Å². The molecule has 0 radical (unpaired) electrons. The molecule has 3 N–H and O–H groups in total. The number of anilines is 1. The van der Waals surface area contributed by atoms with Crippen LogP contribution < -0.4 is 10.5 Å². The van der Waals surface area contributed by atoms with Gasteiger partial charge in [0.15, 0.2) is 0 Å². The SMILES string of the molecule is COc1cccc(C(=O)N(C)Cc2ncc[nH]2)c1N. The second-order valence-electron chi connectivity index (χ2n) is 4.12. The first-order valence-corrected chi connectivity index (χ1v) is 5.79. The number of benzene rings is 1. The number of para-hydroxylation sites is 1. The second kappa shape index (κ2) is 5.43. The first-order chi connectivity index (χ1) is 9.13. The topological polar surface area (TPSA) is 84.2 Å². The smallest absolute Gasteiger partial charge is 0.256 e. The summed E-state index contributed by atoms with van der Waals surface area (Å²) in [7, 11) is 3.22. The van der Waals surface area contributed by atoms with Gasteiger partial charge in [0.05, 0.1) is 24.9 Å². The van der Waals surface area contributed by atoms with E-state index >= 15 is 0 Å². The van der Waals surface area contributed by atoms with Crippen LogP contribution in [-0.2, 0) is 6.54 Å². The Morgan fingerprint density at radius 1 is 1.53 bits per heavy atom. The van der Waals surface area contributed by atoms with Crippen LogP contribution in [0, 0.1) is 0 Å². The molecule has 0 atom stereocenters. The molecule has 1 amide bonds. The summed E-state index contributed by atoms with van der Waals surface area (Å²) in [5.74, 6) is 1.04. The fourth-order valence-corrected chi connectivity index (χ4v) is 1.80. The number of hydrogen-bond acceptors (Lipinski definition) is 4. The molecule has 0 saturated heterocycles. The van der Waals surface area contributed by atoms with Crippen molar-refractivity contribution in [2.24, 2.45) is 0 Å². The monoisotopic (exact) mass is 260 g/mol. The van der Waals surface area contributed by atoms with Crippen molar-refractivity contribution in [3.05, 3.63) is 42.0 Å². The van der Waals surface area contributed by atoms with E-state index in [9.17, 15) is 4.79 Å². The van der Waals surface area contributed by atoms with Gasteiger partial charge in [0.1, 0.15) is 11.6 Å². The Labute approximate surface area is 111 Å². The first-order valence-electron chi connectivity index (χ1n) is 5.79. The molecule has 0 saturated carbocycles. The maximum Gasteiger partial charge on any atom is 0.256 e. The number of rotatable bonds is 4. The fraction of sp³-hybridized carbons (Fsp3) is 0.231. The van der Waals surface area contributed by atoms with Gasteiger partial charge in [-0.25, -0.2) is 4.98 Å². The van der Waals surface area contributed by atoms with E-state index in [-0.39, 0.29) is 5.91 Å². The minimum Gasteiger partial charge on any atom is -0.495 e. The minimum absolute atomic E-state index is 0.173. The number of nitrogens with one attached hydrogen (secondary N) is 1. The lowest BCUT2D eigenvalue weighted by atomic mass is 10.1. The Balaban J connectivity index is 2.19. The number of H-pyrrole nitrogens is 1. The van der Waals surface area contributed by atoms with Crippen molar-refractivity contribution in [2.45, 2.75) is 6.54 Å². The van der Waals surface area contributed by atoms with E-state index in [0.717, 1.165) is 5.82 Å². The quantitative estimate of drug-likeness (QED) is 0.811. The lowest BCUT2D eigenvalue weighted by Gasteiger charge is -2.17. The van der Waals surface area contributed by atoms with Gasteiger partial charge in [0.2, 0.25) is 0 Å². The normalized spacial score (nSPS) is 10.2. The van der Waals surface area contributed by atoms with Crippen LogP contribution >= 0.6 is 0 Å². The van der Waals surface area contributed by atoms with Gasteiger partial charge in [-0.15, -0.1) is 0 Å². The predicted octanol–water partition coefficient (Wildman–Crippen LogP) is 1.27. The highest BCUT2D eigenvalue weighted by molar-refractivity contribution is 6.00. The second-order valence-corrected chi connectivity index (χ2v) is 4.12. The predicted molar refractivity (Wildman–Crippen MR) is 71.8 cm³/mol. The summed E-state index contributed by atoms with van der Waals surface area (Å²) in [6.45, 7) is 0.391. The number of ether oxygens (including phenoxy) is 1. The molecule has 6 heteroatoms. The van der Waals surface area contributed by atoms with Gasteiger partial charge in [0, 0.05) is 19.4 Å². The fourth-order valence-electron chi connectivity index (χ4n) is 1.80. The van der Waals surface area contributed by atoms with Gasteiger partial charge < -0.3 is 20.4 Å². The average molecular weight is 260 g/mol. The lowest BCUT2D eigenvalue weighted by molar-refractivity contribution is 0.0782. The summed E-state index contributed by atoms with van der Waals surface area (Å²) >= 11 is 0. The number of aromatic nitrogens is 2. The molecular formula is C13H16N4O2. The molecule has 19 heavy (non-hydrogen) atoms. The molecule has 0 unspecified atom stereocenters. The van der Waals surface area contributed by atoms with Crippen LogP contribution in [0.1, 0.15) is 16.2 Å². The van der Waals surface area contributed by atoms with Crippen molar-refractivity contribution in [1.82, 2.24) is 14.9 Å². The van der Waals surface area contributed by atoms with Crippen LogP contribution in [0.2, 0.25) is 0 Å². The number of carbonyl (C=O) groups is 1. The third kappa shape index (κ3) is 2.67. The van der Waals surface area contributed by atoms with Crippen LogP contribution in [0.4, 0.5) is 5.69 Å². The van der Waals surface area contributed by atoms with Crippen molar-refractivity contribution in [3.8, 4) is 5.75 Å². The molecular weight excluding hydrogens is 244 g/mol. The van der Waals surface area contributed by atoms with Crippen molar-refractivity contribution >= 4 is 11.6 Å². The zero-order valence-electron chi connectivity index (χ0n) is 10.9. The van der Waals surface area contributed by atoms with Crippen molar-refractivity contribution in [2.75, 3.05) is 19.9 Å². The molecule has 2 rings (SSSR count). The van der Waals surface area contributed by atoms with Gasteiger partial charge in [-0.1, -0.05) is 6.07 Å². The molecule has 0 bridgehead atoms. The Morgan fingerprint density at radius 2 is 2.32 bits per heavy atom. The highest BCUT2D eigenvalue weighted by Gasteiger charge is 2.17. The number of nitrogen functional groups attached to an aromatic ring is 1. The Kier molecular flexibility index (Phi) is 3.70. The summed E-state index contributed by atoms with van der Waals surface area (Å²) in [6, 6.07) is 5.14. The molecule has 0 aliphatic rings. The molecule has 0 aliphatic heterocycles. The zero-order chi connectivity index (χ0) is 13.8. The molecule has 1 aromatic heterocycles. The van der Waals surface area contributed by atoms with Gasteiger partial charge >= 0.3 is 0 Å². The number of carbonyl (C=O) groups excluding carboxylic acids is 1. The van der Waals surface area contributed by atoms with E-state index < -0.39 is 0 Å². The molecule has 1 aromatic carbocycles. The molecule has 6 nitrogen and oxygen atoms in total. The first kappa shape index (κ1) is 12.9. The van der Waals surface area contributed by atoms with Crippen molar-refractivity contribution in [1.29, 1.82) is 0 Å². The van der Waals surface area contributed by atoms with E-state index in [1.165, 1.54) is 7.11 Å². The summed E-state index contributed by atoms with van der Waals surface area (Å²) in [5.41, 5.74) is 6.68. The molecule has 2 aromatic rings. The summed E-state index contributed by atoms with van der Waals surface area (Å²) in [5, 5.41) is 0. The maximum atomic E-state index is 12.3. The number of amides is 1. The van der Waals surface area contributed by atoms with Crippen LogP contribution in [0.3, 0.4) is 0 Å². The third-order valence-electron chi connectivity index (χ3n) is 2.80. The van der Waals surface area contributed by atoms with Crippen LogP contribution in [0.5, 0.6) is 5.75 Å². The summed E-state index contributed by atoms with van der Waals surface area (Å²) < 4.78 is 5.11. The van der Waals surface area contributed by atoms with E-state index in [2.05, 4.69) is 9.97 Å². The highest BCUT2D eigenvalue weighted by atomic mass is 16.5. The van der Waals surface area contributed by atoms with Gasteiger partial charge in [0.25, 0.3) is 5.91 Å². The molecule has 0 fully saturated rings. The number of nitrogens with two attached hydrogens (primary N) is 1. The summed E-state index contributed by atoms with van der Waals surface area (Å²) in [6.07, 6.45) is 3.36. The van der Waals surface area contributed by atoms with Crippen LogP contribution in [0.25, 0.3) is 0 Å². The van der Waals surface area contributed by atoms with Gasteiger partial charge in [-0.05, 0) is 12.1 Å². The number of nitrogens with zero attached hydrogens (tertiary/aromatic N) is 2. The standard InChI is InChI=1S/C13H16N4O2/c1-17(8-11-15-6-7-16-11)13(18)9-4-3-5-10(19-2)12(9)14/h3-7H,8,14H2,1-2H3,(H,15,16). The lowest BCUT2D eigenvalue weighted by Crippen LogP contribution is -2.27. The summed E-state index contributed by atoms with van der Waals surface area (Å²) in [4.78, 5) is 20.9. The van der Waals surface area contributed by atoms with Crippen molar-refractivity contribution < 1.29 is 9.53 Å². The number of methoxy groups -OCH3 is 1. The van der Waals surface area contributed by atoms with Gasteiger partial charge in [-0.2, -0.15) is 0 Å². The van der Waals surface area contributed by atoms with E-state index in [1.54, 1.807) is 42.5 Å². The third-order valence-corrected chi connectivity index (χ3v) is 2.80. The Hall–Kier alpha value is -2.50.